The van der Waals surface area contributed by atoms with Crippen LogP contribution in [-0.2, 0) is 19.1 Å². The summed E-state index contributed by atoms with van der Waals surface area (Å²) in [5.74, 6) is -0.499. The van der Waals surface area contributed by atoms with Crippen molar-refractivity contribution < 1.29 is 19.1 Å². The molecule has 19 heavy (non-hydrogen) atoms. The first-order valence-corrected chi connectivity index (χ1v) is 7.00. The van der Waals surface area contributed by atoms with Gasteiger partial charge in [-0.3, -0.25) is 9.59 Å². The average Bonchev–Trinajstić information content (AvgIpc) is 3.07. The molecule has 2 fully saturated rings. The molecule has 2 saturated heterocycles. The van der Waals surface area contributed by atoms with Gasteiger partial charge in [-0.15, -0.1) is 0 Å². The molecule has 2 aliphatic heterocycles. The number of carbonyl (C=O) groups is 2. The molecule has 6 heteroatoms. The van der Waals surface area contributed by atoms with Gasteiger partial charge in [-0.05, 0) is 25.7 Å². The zero-order chi connectivity index (χ0) is 13.5. The van der Waals surface area contributed by atoms with E-state index in [0.29, 0.717) is 13.1 Å². The summed E-state index contributed by atoms with van der Waals surface area (Å²) in [7, 11) is 0. The van der Waals surface area contributed by atoms with Crippen molar-refractivity contribution >= 4 is 11.8 Å². The fraction of sp³-hybridized carbons (Fsp3) is 0.846. The molecule has 0 aromatic carbocycles. The molecule has 0 radical (unpaired) electrons. The van der Waals surface area contributed by atoms with Crippen molar-refractivity contribution in [3.8, 4) is 0 Å². The van der Waals surface area contributed by atoms with Gasteiger partial charge in [0.15, 0.2) is 0 Å². The lowest BCUT2D eigenvalue weighted by Gasteiger charge is -2.12. The summed E-state index contributed by atoms with van der Waals surface area (Å²) in [5.41, 5.74) is 0. The second-order valence-electron chi connectivity index (χ2n) is 5.05. The van der Waals surface area contributed by atoms with E-state index in [0.717, 1.165) is 38.9 Å². The van der Waals surface area contributed by atoms with E-state index in [-0.39, 0.29) is 30.4 Å². The molecular formula is C13H22N2O4. The molecule has 0 unspecified atom stereocenters. The quantitative estimate of drug-likeness (QED) is 0.664. The average molecular weight is 270 g/mol. The molecule has 0 saturated carbocycles. The van der Waals surface area contributed by atoms with Gasteiger partial charge < -0.3 is 20.1 Å². The molecule has 2 rings (SSSR count). The second kappa shape index (κ2) is 7.45. The van der Waals surface area contributed by atoms with Crippen molar-refractivity contribution in [2.45, 2.75) is 44.3 Å². The molecular weight excluding hydrogens is 248 g/mol. The summed E-state index contributed by atoms with van der Waals surface area (Å²) in [6.45, 7) is 2.53. The topological polar surface area (TPSA) is 76.7 Å². The van der Waals surface area contributed by atoms with E-state index >= 15 is 0 Å². The highest BCUT2D eigenvalue weighted by atomic mass is 16.5. The molecule has 2 N–H and O–H groups in total. The highest BCUT2D eigenvalue weighted by Crippen LogP contribution is 2.11. The first-order valence-electron chi connectivity index (χ1n) is 7.00. The van der Waals surface area contributed by atoms with Gasteiger partial charge in [0.25, 0.3) is 0 Å². The van der Waals surface area contributed by atoms with Crippen LogP contribution in [0.2, 0.25) is 0 Å². The number of hydrogen-bond donors (Lipinski definition) is 2. The molecule has 0 aromatic heterocycles. The third kappa shape index (κ3) is 5.16. The lowest BCUT2D eigenvalue weighted by Crippen LogP contribution is -2.37. The van der Waals surface area contributed by atoms with Crippen LogP contribution in [0, 0.1) is 0 Å². The maximum atomic E-state index is 11.5. The minimum atomic E-state index is -0.250. The van der Waals surface area contributed by atoms with Crippen molar-refractivity contribution in [3.05, 3.63) is 0 Å². The normalized spacial score (nSPS) is 26.3. The van der Waals surface area contributed by atoms with Gasteiger partial charge in [0.1, 0.15) is 6.42 Å². The van der Waals surface area contributed by atoms with Crippen LogP contribution in [0.25, 0.3) is 0 Å². The number of ether oxygens (including phenoxy) is 2. The van der Waals surface area contributed by atoms with E-state index in [9.17, 15) is 9.59 Å². The second-order valence-corrected chi connectivity index (χ2v) is 5.05. The molecule has 6 nitrogen and oxygen atoms in total. The largest absolute Gasteiger partial charge is 0.376 e. The Hall–Kier alpha value is -1.14. The summed E-state index contributed by atoms with van der Waals surface area (Å²) >= 11 is 0. The molecule has 2 atom stereocenters. The Morgan fingerprint density at radius 2 is 1.37 bits per heavy atom. The Morgan fingerprint density at radius 1 is 0.895 bits per heavy atom. The number of amides is 2. The SMILES string of the molecule is O=C(CC(=O)NC[C@H]1CCCO1)NC[C@H]1CCCO1. The smallest absolute Gasteiger partial charge is 0.229 e. The highest BCUT2D eigenvalue weighted by Gasteiger charge is 2.19. The zero-order valence-corrected chi connectivity index (χ0v) is 11.2. The maximum absolute atomic E-state index is 11.5. The van der Waals surface area contributed by atoms with E-state index in [2.05, 4.69) is 10.6 Å². The Kier molecular flexibility index (Phi) is 5.60. The van der Waals surface area contributed by atoms with Gasteiger partial charge in [0, 0.05) is 26.3 Å². The summed E-state index contributed by atoms with van der Waals surface area (Å²) in [6.07, 6.45) is 4.14. The van der Waals surface area contributed by atoms with Gasteiger partial charge in [-0.2, -0.15) is 0 Å². The van der Waals surface area contributed by atoms with Gasteiger partial charge in [0.2, 0.25) is 11.8 Å². The third-order valence-electron chi connectivity index (χ3n) is 3.42. The van der Waals surface area contributed by atoms with E-state index in [4.69, 9.17) is 9.47 Å². The molecule has 2 aliphatic rings. The van der Waals surface area contributed by atoms with Gasteiger partial charge >= 0.3 is 0 Å². The molecule has 2 heterocycles. The van der Waals surface area contributed by atoms with E-state index in [1.54, 1.807) is 0 Å². The lowest BCUT2D eigenvalue weighted by atomic mass is 10.2. The molecule has 0 spiro atoms. The molecule has 0 bridgehead atoms. The summed E-state index contributed by atoms with van der Waals surface area (Å²) in [5, 5.41) is 5.45. The monoisotopic (exact) mass is 270 g/mol. The highest BCUT2D eigenvalue weighted by molar-refractivity contribution is 5.96. The van der Waals surface area contributed by atoms with Crippen LogP contribution < -0.4 is 10.6 Å². The van der Waals surface area contributed by atoms with Crippen LogP contribution >= 0.6 is 0 Å². The van der Waals surface area contributed by atoms with Crippen molar-refractivity contribution in [1.82, 2.24) is 10.6 Å². The number of hydrogen-bond acceptors (Lipinski definition) is 4. The van der Waals surface area contributed by atoms with Crippen LogP contribution in [0.1, 0.15) is 32.1 Å². The van der Waals surface area contributed by atoms with Gasteiger partial charge in [-0.25, -0.2) is 0 Å². The van der Waals surface area contributed by atoms with Crippen molar-refractivity contribution in [3.63, 3.8) is 0 Å². The lowest BCUT2D eigenvalue weighted by molar-refractivity contribution is -0.129. The summed E-state index contributed by atoms with van der Waals surface area (Å²) < 4.78 is 10.8. The Balaban J connectivity index is 1.54. The molecule has 0 aliphatic carbocycles. The fourth-order valence-electron chi connectivity index (χ4n) is 2.34. The predicted octanol–water partition coefficient (Wildman–Crippen LogP) is -0.0331. The van der Waals surface area contributed by atoms with Gasteiger partial charge in [-0.1, -0.05) is 0 Å². The summed E-state index contributed by atoms with van der Waals surface area (Å²) in [6, 6.07) is 0. The van der Waals surface area contributed by atoms with E-state index < -0.39 is 0 Å². The van der Waals surface area contributed by atoms with Crippen molar-refractivity contribution in [1.29, 1.82) is 0 Å². The first kappa shape index (κ1) is 14.3. The van der Waals surface area contributed by atoms with Crippen molar-refractivity contribution in [2.75, 3.05) is 26.3 Å². The minimum Gasteiger partial charge on any atom is -0.376 e. The molecule has 108 valence electrons. The number of carbonyl (C=O) groups excluding carboxylic acids is 2. The fourth-order valence-corrected chi connectivity index (χ4v) is 2.34. The Morgan fingerprint density at radius 3 is 1.74 bits per heavy atom. The van der Waals surface area contributed by atoms with Crippen molar-refractivity contribution in [2.24, 2.45) is 0 Å². The number of nitrogens with one attached hydrogen (secondary N) is 2. The van der Waals surface area contributed by atoms with Crippen LogP contribution in [0.3, 0.4) is 0 Å². The van der Waals surface area contributed by atoms with Crippen LogP contribution in [0.5, 0.6) is 0 Å². The third-order valence-corrected chi connectivity index (χ3v) is 3.42. The molecule has 2 amide bonds. The van der Waals surface area contributed by atoms with Gasteiger partial charge in [0.05, 0.1) is 12.2 Å². The Labute approximate surface area is 113 Å². The minimum absolute atomic E-state index is 0.110. The van der Waals surface area contributed by atoms with E-state index in [1.165, 1.54) is 0 Å². The van der Waals surface area contributed by atoms with Crippen LogP contribution in [0.4, 0.5) is 0 Å². The van der Waals surface area contributed by atoms with E-state index in [1.807, 2.05) is 0 Å². The number of rotatable bonds is 6. The van der Waals surface area contributed by atoms with Crippen LogP contribution in [0.15, 0.2) is 0 Å². The Bertz CT molecular complexity index is 280. The molecule has 0 aromatic rings. The summed E-state index contributed by atoms with van der Waals surface area (Å²) in [4.78, 5) is 23.1. The van der Waals surface area contributed by atoms with Crippen LogP contribution in [-0.4, -0.2) is 50.3 Å². The first-order chi connectivity index (χ1) is 9.24. The maximum Gasteiger partial charge on any atom is 0.229 e. The standard InChI is InChI=1S/C13H22N2O4/c16-12(14-8-10-3-1-5-18-10)7-13(17)15-9-11-4-2-6-19-11/h10-11H,1-9H2,(H,14,16)(H,15,17)/t10-,11-/m1/s1. The zero-order valence-electron chi connectivity index (χ0n) is 11.2. The predicted molar refractivity (Wildman–Crippen MR) is 68.6 cm³/mol.